The van der Waals surface area contributed by atoms with E-state index in [1.165, 1.54) is 6.07 Å². The minimum Gasteiger partial charge on any atom is -0.507 e. The lowest BCUT2D eigenvalue weighted by molar-refractivity contribution is 0.152. The highest BCUT2D eigenvalue weighted by Gasteiger charge is 2.32. The molecule has 1 aliphatic rings. The first-order valence-corrected chi connectivity index (χ1v) is 9.35. The van der Waals surface area contributed by atoms with Crippen LogP contribution >= 0.6 is 0 Å². The molecule has 140 valence electrons. The molecule has 0 spiro atoms. The Kier molecular flexibility index (Phi) is 5.47. The first-order chi connectivity index (χ1) is 12.4. The fraction of sp³-hybridized carbons (Fsp3) is 0.476. The number of halogens is 1. The second-order valence-electron chi connectivity index (χ2n) is 7.28. The minimum absolute atomic E-state index is 0.0518. The molecule has 0 radical (unpaired) electrons. The van der Waals surface area contributed by atoms with E-state index in [-0.39, 0.29) is 22.7 Å². The molecule has 1 N–H and O–H groups in total. The molecule has 0 unspecified atom stereocenters. The number of piperidine rings is 1. The smallest absolute Gasteiger partial charge is 0.259 e. The lowest BCUT2D eigenvalue weighted by Crippen LogP contribution is -2.40. The third kappa shape index (κ3) is 3.40. The van der Waals surface area contributed by atoms with Crippen molar-refractivity contribution in [2.45, 2.75) is 46.2 Å². The average Bonchev–Trinajstić information content (AvgIpc) is 2.61. The number of rotatable bonds is 4. The van der Waals surface area contributed by atoms with Crippen LogP contribution in [0.15, 0.2) is 35.1 Å². The Hall–Kier alpha value is -2.14. The summed E-state index contributed by atoms with van der Waals surface area (Å²) in [6.07, 6.45) is 2.00. The zero-order valence-corrected chi connectivity index (χ0v) is 15.7. The van der Waals surface area contributed by atoms with Gasteiger partial charge >= 0.3 is 0 Å². The lowest BCUT2D eigenvalue weighted by atomic mass is 9.91. The molecular weight excluding hydrogens is 331 g/mol. The number of aromatic hydroxyl groups is 1. The highest BCUT2D eigenvalue weighted by atomic mass is 19.1. The van der Waals surface area contributed by atoms with E-state index >= 15 is 0 Å². The molecule has 1 aromatic heterocycles. The molecule has 0 aliphatic carbocycles. The van der Waals surface area contributed by atoms with Gasteiger partial charge < -0.3 is 9.67 Å². The zero-order valence-electron chi connectivity index (χ0n) is 15.7. The van der Waals surface area contributed by atoms with Crippen LogP contribution in [0.4, 0.5) is 4.39 Å². The average molecular weight is 358 g/mol. The van der Waals surface area contributed by atoms with E-state index in [2.05, 4.69) is 11.8 Å². The number of likely N-dealkylation sites (tertiary alicyclic amines) is 1. The molecule has 4 nitrogen and oxygen atoms in total. The summed E-state index contributed by atoms with van der Waals surface area (Å²) < 4.78 is 16.3. The molecule has 1 aliphatic heterocycles. The molecule has 1 fully saturated rings. The van der Waals surface area contributed by atoms with Crippen LogP contribution in [0.25, 0.3) is 0 Å². The maximum absolute atomic E-state index is 14.7. The Balaban J connectivity index is 2.19. The van der Waals surface area contributed by atoms with Gasteiger partial charge in [-0.1, -0.05) is 25.1 Å². The molecule has 0 saturated carbocycles. The predicted octanol–water partition coefficient (Wildman–Crippen LogP) is 3.84. The summed E-state index contributed by atoms with van der Waals surface area (Å²) in [5.41, 5.74) is 1.19. The summed E-state index contributed by atoms with van der Waals surface area (Å²) >= 11 is 0. The second-order valence-corrected chi connectivity index (χ2v) is 7.28. The number of benzene rings is 1. The van der Waals surface area contributed by atoms with Gasteiger partial charge in [-0.2, -0.15) is 0 Å². The normalized spacial score (nSPS) is 17.4. The Morgan fingerprint density at radius 2 is 1.92 bits per heavy atom. The highest BCUT2D eigenvalue weighted by Crippen LogP contribution is 2.36. The SMILES string of the molecule is CCn1c(C)cc(O)c([C@H](c2ccccc2F)N2CCC(C)CC2)c1=O. The fourth-order valence-electron chi connectivity index (χ4n) is 3.94. The first-order valence-electron chi connectivity index (χ1n) is 9.35. The Morgan fingerprint density at radius 1 is 1.27 bits per heavy atom. The van der Waals surface area contributed by atoms with Crippen LogP contribution in [-0.4, -0.2) is 27.7 Å². The number of nitrogens with zero attached hydrogens (tertiary/aromatic N) is 2. The largest absolute Gasteiger partial charge is 0.507 e. The van der Waals surface area contributed by atoms with Gasteiger partial charge in [0.15, 0.2) is 0 Å². The van der Waals surface area contributed by atoms with Crippen LogP contribution in [-0.2, 0) is 6.54 Å². The van der Waals surface area contributed by atoms with E-state index in [1.807, 2.05) is 6.92 Å². The number of hydrogen-bond acceptors (Lipinski definition) is 3. The molecule has 3 rings (SSSR count). The van der Waals surface area contributed by atoms with Crippen LogP contribution in [0, 0.1) is 18.7 Å². The number of pyridine rings is 1. The van der Waals surface area contributed by atoms with Gasteiger partial charge in [-0.3, -0.25) is 9.69 Å². The van der Waals surface area contributed by atoms with Crippen molar-refractivity contribution in [3.63, 3.8) is 0 Å². The maximum Gasteiger partial charge on any atom is 0.259 e. The van der Waals surface area contributed by atoms with Gasteiger partial charge in [0.05, 0.1) is 11.6 Å². The summed E-state index contributed by atoms with van der Waals surface area (Å²) in [5.74, 6) is 0.217. The topological polar surface area (TPSA) is 45.5 Å². The third-order valence-corrected chi connectivity index (χ3v) is 5.50. The molecule has 0 amide bonds. The van der Waals surface area contributed by atoms with Crippen LogP contribution in [0.2, 0.25) is 0 Å². The Morgan fingerprint density at radius 3 is 2.54 bits per heavy atom. The molecule has 0 bridgehead atoms. The van der Waals surface area contributed by atoms with Crippen LogP contribution in [0.1, 0.15) is 49.6 Å². The van der Waals surface area contributed by atoms with Crippen molar-refractivity contribution < 1.29 is 9.50 Å². The van der Waals surface area contributed by atoms with Crippen molar-refractivity contribution in [2.75, 3.05) is 13.1 Å². The van der Waals surface area contributed by atoms with Crippen molar-refractivity contribution in [1.29, 1.82) is 0 Å². The van der Waals surface area contributed by atoms with E-state index in [0.717, 1.165) is 25.9 Å². The quantitative estimate of drug-likeness (QED) is 0.903. The van der Waals surface area contributed by atoms with Crippen LogP contribution < -0.4 is 5.56 Å². The molecule has 5 heteroatoms. The Labute approximate surface area is 153 Å². The lowest BCUT2D eigenvalue weighted by Gasteiger charge is -2.37. The van der Waals surface area contributed by atoms with Crippen LogP contribution in [0.5, 0.6) is 5.75 Å². The van der Waals surface area contributed by atoms with Gasteiger partial charge in [0.1, 0.15) is 11.6 Å². The van der Waals surface area contributed by atoms with E-state index in [1.54, 1.807) is 35.8 Å². The van der Waals surface area contributed by atoms with E-state index < -0.39 is 6.04 Å². The molecule has 1 aromatic carbocycles. The first kappa shape index (κ1) is 18.6. The molecule has 1 atom stereocenters. The van der Waals surface area contributed by atoms with Crippen molar-refractivity contribution in [1.82, 2.24) is 9.47 Å². The summed E-state index contributed by atoms with van der Waals surface area (Å²) in [4.78, 5) is 15.3. The molecular formula is C21H27FN2O2. The molecule has 26 heavy (non-hydrogen) atoms. The number of hydrogen-bond donors (Lipinski definition) is 1. The van der Waals surface area contributed by atoms with Crippen molar-refractivity contribution in [3.05, 3.63) is 63.3 Å². The number of aromatic nitrogens is 1. The van der Waals surface area contributed by atoms with Gasteiger partial charge in [0, 0.05) is 17.8 Å². The summed E-state index contributed by atoms with van der Waals surface area (Å²) in [5, 5.41) is 10.6. The highest BCUT2D eigenvalue weighted by molar-refractivity contribution is 5.41. The van der Waals surface area contributed by atoms with Crippen molar-refractivity contribution >= 4 is 0 Å². The second kappa shape index (κ2) is 7.62. The Bertz CT molecular complexity index is 838. The van der Waals surface area contributed by atoms with Gasteiger partial charge in [-0.15, -0.1) is 0 Å². The van der Waals surface area contributed by atoms with E-state index in [0.29, 0.717) is 23.7 Å². The summed E-state index contributed by atoms with van der Waals surface area (Å²) in [6, 6.07) is 7.59. The zero-order chi connectivity index (χ0) is 18.8. The summed E-state index contributed by atoms with van der Waals surface area (Å²) in [7, 11) is 0. The van der Waals surface area contributed by atoms with Crippen molar-refractivity contribution in [3.8, 4) is 5.75 Å². The maximum atomic E-state index is 14.7. The standard InChI is InChI=1S/C21H27FN2O2/c1-4-24-15(3)13-18(25)19(21(24)26)20(16-7-5-6-8-17(16)22)23-11-9-14(2)10-12-23/h5-8,13-14,20,25H,4,9-12H2,1-3H3/t20-/m0/s1. The van der Waals surface area contributed by atoms with Crippen LogP contribution in [0.3, 0.4) is 0 Å². The van der Waals surface area contributed by atoms with Gasteiger partial charge in [-0.25, -0.2) is 4.39 Å². The van der Waals surface area contributed by atoms with E-state index in [4.69, 9.17) is 0 Å². The summed E-state index contributed by atoms with van der Waals surface area (Å²) in [6.45, 7) is 7.98. The monoisotopic (exact) mass is 358 g/mol. The van der Waals surface area contributed by atoms with Gasteiger partial charge in [0.25, 0.3) is 5.56 Å². The molecule has 2 heterocycles. The minimum atomic E-state index is -0.574. The van der Waals surface area contributed by atoms with Gasteiger partial charge in [-0.05, 0) is 57.8 Å². The molecule has 1 saturated heterocycles. The number of aryl methyl sites for hydroxylation is 1. The predicted molar refractivity (Wildman–Crippen MR) is 101 cm³/mol. The fourth-order valence-corrected chi connectivity index (χ4v) is 3.94. The van der Waals surface area contributed by atoms with Crippen molar-refractivity contribution in [2.24, 2.45) is 5.92 Å². The third-order valence-electron chi connectivity index (χ3n) is 5.50. The molecule has 2 aromatic rings. The van der Waals surface area contributed by atoms with E-state index in [9.17, 15) is 14.3 Å². The van der Waals surface area contributed by atoms with Gasteiger partial charge in [0.2, 0.25) is 0 Å².